The Labute approximate surface area is 291 Å². The summed E-state index contributed by atoms with van der Waals surface area (Å²) in [6, 6.07) is 15.6. The number of carbonyl (C=O) groups is 2. The summed E-state index contributed by atoms with van der Waals surface area (Å²) in [4.78, 5) is 39.5. The molecular weight excluding hydrogens is 640 g/mol. The Hall–Kier alpha value is -4.84. The number of imidazole rings is 1. The predicted molar refractivity (Wildman–Crippen MR) is 189 cm³/mol. The molecule has 2 aliphatic rings. The Morgan fingerprint density at radius 3 is 2.60 bits per heavy atom. The largest absolute Gasteiger partial charge is 0.466 e. The van der Waals surface area contributed by atoms with Gasteiger partial charge in [0.25, 0.3) is 0 Å². The van der Waals surface area contributed by atoms with Gasteiger partial charge in [-0.2, -0.15) is 0 Å². The molecule has 264 valence electrons. The maximum absolute atomic E-state index is 15.1. The molecule has 0 unspecified atom stereocenters. The van der Waals surface area contributed by atoms with Gasteiger partial charge < -0.3 is 24.4 Å². The van der Waals surface area contributed by atoms with Gasteiger partial charge in [-0.15, -0.1) is 0 Å². The average molecular weight is 686 g/mol. The van der Waals surface area contributed by atoms with Crippen molar-refractivity contribution in [3.05, 3.63) is 102 Å². The summed E-state index contributed by atoms with van der Waals surface area (Å²) in [6.45, 7) is 8.53. The summed E-state index contributed by atoms with van der Waals surface area (Å²) in [5.41, 5.74) is 3.62. The number of piperidine rings is 1. The van der Waals surface area contributed by atoms with Crippen LogP contribution in [0.2, 0.25) is 0 Å². The number of benzene rings is 2. The van der Waals surface area contributed by atoms with Gasteiger partial charge >= 0.3 is 5.97 Å². The molecule has 0 bridgehead atoms. The van der Waals surface area contributed by atoms with E-state index in [9.17, 15) is 14.0 Å². The topological polar surface area (TPSA) is 105 Å². The van der Waals surface area contributed by atoms with E-state index in [4.69, 9.17) is 4.74 Å². The Balaban J connectivity index is 1.14. The lowest BCUT2D eigenvalue weighted by molar-refractivity contribution is -0.148. The third-order valence-electron chi connectivity index (χ3n) is 9.70. The van der Waals surface area contributed by atoms with E-state index in [2.05, 4.69) is 55.5 Å². The first-order valence-corrected chi connectivity index (χ1v) is 17.4. The van der Waals surface area contributed by atoms with Crippen LogP contribution in [0, 0.1) is 30.4 Å². The third-order valence-corrected chi connectivity index (χ3v) is 9.70. The van der Waals surface area contributed by atoms with Crippen LogP contribution in [0.4, 0.5) is 26.2 Å². The normalized spacial score (nSPS) is 18.3. The highest BCUT2D eigenvalue weighted by atomic mass is 19.1. The highest BCUT2D eigenvalue weighted by Gasteiger charge is 2.40. The van der Waals surface area contributed by atoms with Crippen LogP contribution in [0.15, 0.2) is 73.2 Å². The third kappa shape index (κ3) is 8.47. The molecule has 1 amide bonds. The van der Waals surface area contributed by atoms with Crippen LogP contribution in [0.25, 0.3) is 0 Å². The molecule has 2 saturated heterocycles. The molecule has 2 aromatic carbocycles. The van der Waals surface area contributed by atoms with Crippen LogP contribution in [-0.4, -0.2) is 77.2 Å². The second-order valence-corrected chi connectivity index (χ2v) is 13.1. The Morgan fingerprint density at radius 2 is 1.84 bits per heavy atom. The fourth-order valence-corrected chi connectivity index (χ4v) is 7.10. The van der Waals surface area contributed by atoms with Crippen molar-refractivity contribution in [3.8, 4) is 0 Å². The zero-order valence-electron chi connectivity index (χ0n) is 28.7. The minimum absolute atomic E-state index is 0.0862. The zero-order valence-corrected chi connectivity index (χ0v) is 28.7. The molecule has 6 rings (SSSR count). The van der Waals surface area contributed by atoms with E-state index >= 15 is 4.39 Å². The van der Waals surface area contributed by atoms with E-state index in [1.165, 1.54) is 12.1 Å². The quantitative estimate of drug-likeness (QED) is 0.134. The Bertz CT molecular complexity index is 1760. The van der Waals surface area contributed by atoms with Crippen molar-refractivity contribution in [3.63, 3.8) is 0 Å². The molecule has 0 saturated carbocycles. The molecule has 2 N–H and O–H groups in total. The van der Waals surface area contributed by atoms with Gasteiger partial charge in [-0.25, -0.2) is 18.7 Å². The van der Waals surface area contributed by atoms with Crippen molar-refractivity contribution in [2.75, 3.05) is 61.4 Å². The van der Waals surface area contributed by atoms with Crippen molar-refractivity contribution in [1.82, 2.24) is 19.4 Å². The van der Waals surface area contributed by atoms with Gasteiger partial charge in [-0.3, -0.25) is 14.9 Å². The maximum Gasteiger partial charge on any atom is 0.309 e. The minimum Gasteiger partial charge on any atom is -0.466 e. The molecule has 2 aliphatic heterocycles. The smallest absolute Gasteiger partial charge is 0.309 e. The number of ether oxygens (including phenoxy) is 1. The van der Waals surface area contributed by atoms with Gasteiger partial charge in [0.15, 0.2) is 0 Å². The number of anilines is 3. The number of likely N-dealkylation sites (tertiary alicyclic amines) is 1. The number of nitrogens with one attached hydrogen (secondary N) is 2. The van der Waals surface area contributed by atoms with Crippen LogP contribution in [-0.2, 0) is 20.9 Å². The maximum atomic E-state index is 15.1. The highest BCUT2D eigenvalue weighted by molar-refractivity contribution is 5.92. The molecule has 0 radical (unpaired) electrons. The SMILES string of the molecule is CCOC(=O)C1CCN(c2cc(C)ccc2Cn2ccnc2NC(=O)[C@@H]2CN(CCCNc3ccccn3)C[C@H]2c2ccc(F)cc2F)CC1. The summed E-state index contributed by atoms with van der Waals surface area (Å²) in [7, 11) is 0. The molecule has 2 atom stereocenters. The molecule has 0 spiro atoms. The van der Waals surface area contributed by atoms with Gasteiger partial charge in [-0.05, 0) is 80.6 Å². The Morgan fingerprint density at radius 1 is 1.00 bits per heavy atom. The standard InChI is InChI=1S/C38H45F2N7O3/c1-3-50-37(49)27-12-18-46(19-13-27)34-21-26(2)8-9-28(34)23-47-20-16-43-38(47)44-36(48)32-25-45(17-6-15-42-35-7-4-5-14-41-35)24-31(32)30-11-10-29(39)22-33(30)40/h4-5,7-11,14,16,20-22,27,31-32H,3,6,12-13,15,17-19,23-25H2,1-2H3,(H,41,42)(H,43,44,48)/t31-,32+/m0/s1. The molecule has 2 fully saturated rings. The lowest BCUT2D eigenvalue weighted by Crippen LogP contribution is -2.37. The van der Waals surface area contributed by atoms with Crippen LogP contribution in [0.5, 0.6) is 0 Å². The minimum atomic E-state index is -0.649. The number of aryl methyl sites for hydroxylation is 1. The zero-order chi connectivity index (χ0) is 35.0. The summed E-state index contributed by atoms with van der Waals surface area (Å²) in [5, 5.41) is 6.34. The van der Waals surface area contributed by atoms with Gasteiger partial charge in [0.2, 0.25) is 11.9 Å². The first-order valence-electron chi connectivity index (χ1n) is 17.4. The number of aromatic nitrogens is 3. The summed E-state index contributed by atoms with van der Waals surface area (Å²) < 4.78 is 36.1. The van der Waals surface area contributed by atoms with Gasteiger partial charge in [-0.1, -0.05) is 24.3 Å². The van der Waals surface area contributed by atoms with E-state index in [1.807, 2.05) is 35.9 Å². The van der Waals surface area contributed by atoms with Gasteiger partial charge in [0.05, 0.1) is 25.0 Å². The number of hydrogen-bond donors (Lipinski definition) is 2. The van der Waals surface area contributed by atoms with Gasteiger partial charge in [0.1, 0.15) is 17.5 Å². The molecule has 50 heavy (non-hydrogen) atoms. The molecular formula is C38H45F2N7O3. The lowest BCUT2D eigenvalue weighted by Gasteiger charge is -2.34. The fourth-order valence-electron chi connectivity index (χ4n) is 7.10. The van der Waals surface area contributed by atoms with E-state index in [1.54, 1.807) is 12.4 Å². The number of nitrogens with zero attached hydrogens (tertiary/aromatic N) is 5. The van der Waals surface area contributed by atoms with Gasteiger partial charge in [0, 0.05) is 69.0 Å². The van der Waals surface area contributed by atoms with Crippen LogP contribution in [0.1, 0.15) is 48.8 Å². The van der Waals surface area contributed by atoms with E-state index in [-0.39, 0.29) is 17.8 Å². The molecule has 4 aromatic rings. The van der Waals surface area contributed by atoms with Crippen molar-refractivity contribution in [2.45, 2.75) is 45.6 Å². The van der Waals surface area contributed by atoms with Crippen molar-refractivity contribution < 1.29 is 23.1 Å². The second-order valence-electron chi connectivity index (χ2n) is 13.1. The summed E-state index contributed by atoms with van der Waals surface area (Å²) in [5.74, 6) is -1.59. The number of carbonyl (C=O) groups excluding carboxylic acids is 2. The van der Waals surface area contributed by atoms with Crippen LogP contribution in [0.3, 0.4) is 0 Å². The predicted octanol–water partition coefficient (Wildman–Crippen LogP) is 5.85. The van der Waals surface area contributed by atoms with Crippen LogP contribution >= 0.6 is 0 Å². The Kier molecular flexibility index (Phi) is 11.4. The van der Waals surface area contributed by atoms with E-state index in [0.717, 1.165) is 61.1 Å². The first-order chi connectivity index (χ1) is 24.3. The molecule has 0 aliphatic carbocycles. The fraction of sp³-hybridized carbons (Fsp3) is 0.421. The average Bonchev–Trinajstić information content (AvgIpc) is 3.75. The van der Waals surface area contributed by atoms with E-state index < -0.39 is 23.5 Å². The molecule has 10 nitrogen and oxygen atoms in total. The number of esters is 1. The van der Waals surface area contributed by atoms with E-state index in [0.29, 0.717) is 50.8 Å². The number of halogens is 2. The summed E-state index contributed by atoms with van der Waals surface area (Å²) in [6.07, 6.45) is 7.48. The number of amides is 1. The molecule has 4 heterocycles. The van der Waals surface area contributed by atoms with Crippen molar-refractivity contribution in [1.29, 1.82) is 0 Å². The second kappa shape index (κ2) is 16.2. The lowest BCUT2D eigenvalue weighted by atomic mass is 9.88. The van der Waals surface area contributed by atoms with Crippen LogP contribution < -0.4 is 15.5 Å². The highest BCUT2D eigenvalue weighted by Crippen LogP contribution is 2.36. The van der Waals surface area contributed by atoms with Crippen molar-refractivity contribution >= 4 is 29.3 Å². The number of rotatable bonds is 13. The first kappa shape index (κ1) is 35.0. The van der Waals surface area contributed by atoms with Crippen molar-refractivity contribution in [2.24, 2.45) is 11.8 Å². The monoisotopic (exact) mass is 685 g/mol. The number of hydrogen-bond acceptors (Lipinski definition) is 8. The molecule has 2 aromatic heterocycles. The number of pyridine rings is 1. The molecule has 12 heteroatoms. The summed E-state index contributed by atoms with van der Waals surface area (Å²) >= 11 is 0.